The SMILES string of the molecule is CCC(C)c1cc(C=O)ccc1OCCOc1ccccc1. The Morgan fingerprint density at radius 2 is 1.77 bits per heavy atom. The predicted octanol–water partition coefficient (Wildman–Crippen LogP) is 4.47. The molecule has 0 spiro atoms. The molecular formula is C19H22O3. The Hall–Kier alpha value is -2.29. The van der Waals surface area contributed by atoms with Crippen LogP contribution in [0, 0.1) is 0 Å². The number of aldehydes is 1. The van der Waals surface area contributed by atoms with Crippen molar-refractivity contribution in [1.29, 1.82) is 0 Å². The van der Waals surface area contributed by atoms with E-state index in [9.17, 15) is 4.79 Å². The fourth-order valence-corrected chi connectivity index (χ4v) is 2.20. The van der Waals surface area contributed by atoms with Gasteiger partial charge in [-0.15, -0.1) is 0 Å². The highest BCUT2D eigenvalue weighted by molar-refractivity contribution is 5.75. The molecule has 1 atom stereocenters. The van der Waals surface area contributed by atoms with Gasteiger partial charge in [0, 0.05) is 5.56 Å². The molecule has 0 amide bonds. The molecule has 0 bridgehead atoms. The van der Waals surface area contributed by atoms with Gasteiger partial charge >= 0.3 is 0 Å². The van der Waals surface area contributed by atoms with Crippen molar-refractivity contribution in [3.05, 3.63) is 59.7 Å². The van der Waals surface area contributed by atoms with Crippen molar-refractivity contribution < 1.29 is 14.3 Å². The second kappa shape index (κ2) is 8.23. The maximum Gasteiger partial charge on any atom is 0.150 e. The molecular weight excluding hydrogens is 276 g/mol. The fourth-order valence-electron chi connectivity index (χ4n) is 2.20. The molecule has 0 saturated carbocycles. The first-order valence-corrected chi connectivity index (χ1v) is 7.64. The second-order valence-corrected chi connectivity index (χ2v) is 5.23. The highest BCUT2D eigenvalue weighted by Gasteiger charge is 2.11. The van der Waals surface area contributed by atoms with Gasteiger partial charge in [-0.3, -0.25) is 4.79 Å². The summed E-state index contributed by atoms with van der Waals surface area (Å²) < 4.78 is 11.5. The topological polar surface area (TPSA) is 35.5 Å². The normalized spacial score (nSPS) is 11.7. The molecule has 22 heavy (non-hydrogen) atoms. The zero-order chi connectivity index (χ0) is 15.8. The van der Waals surface area contributed by atoms with Crippen LogP contribution in [0.5, 0.6) is 11.5 Å². The van der Waals surface area contributed by atoms with Crippen LogP contribution in [0.15, 0.2) is 48.5 Å². The first-order chi connectivity index (χ1) is 10.7. The molecule has 0 radical (unpaired) electrons. The molecule has 3 heteroatoms. The zero-order valence-corrected chi connectivity index (χ0v) is 13.1. The third-order valence-electron chi connectivity index (χ3n) is 3.67. The predicted molar refractivity (Wildman–Crippen MR) is 88.0 cm³/mol. The van der Waals surface area contributed by atoms with Crippen molar-refractivity contribution in [2.45, 2.75) is 26.2 Å². The van der Waals surface area contributed by atoms with Crippen molar-refractivity contribution in [2.24, 2.45) is 0 Å². The molecule has 0 heterocycles. The molecule has 0 aliphatic carbocycles. The first-order valence-electron chi connectivity index (χ1n) is 7.64. The second-order valence-electron chi connectivity index (χ2n) is 5.23. The lowest BCUT2D eigenvalue weighted by Gasteiger charge is -2.16. The molecule has 2 aromatic rings. The molecule has 0 N–H and O–H groups in total. The quantitative estimate of drug-likeness (QED) is 0.533. The number of carbonyl (C=O) groups excluding carboxylic acids is 1. The molecule has 0 fully saturated rings. The molecule has 2 rings (SSSR count). The maximum atomic E-state index is 10.9. The highest BCUT2D eigenvalue weighted by atomic mass is 16.5. The van der Waals surface area contributed by atoms with Crippen LogP contribution >= 0.6 is 0 Å². The summed E-state index contributed by atoms with van der Waals surface area (Å²) in [4.78, 5) is 10.9. The van der Waals surface area contributed by atoms with Gasteiger partial charge in [0.1, 0.15) is 31.0 Å². The van der Waals surface area contributed by atoms with E-state index in [1.807, 2.05) is 42.5 Å². The van der Waals surface area contributed by atoms with Crippen LogP contribution in [0.3, 0.4) is 0 Å². The smallest absolute Gasteiger partial charge is 0.150 e. The summed E-state index contributed by atoms with van der Waals surface area (Å²) >= 11 is 0. The fraction of sp³-hybridized carbons (Fsp3) is 0.316. The molecule has 116 valence electrons. The standard InChI is InChI=1S/C19H22O3/c1-3-15(2)18-13-16(14-20)9-10-19(18)22-12-11-21-17-7-5-4-6-8-17/h4-10,13-15H,3,11-12H2,1-2H3. The average Bonchev–Trinajstić information content (AvgIpc) is 2.59. The largest absolute Gasteiger partial charge is 0.490 e. The van der Waals surface area contributed by atoms with Crippen LogP contribution in [-0.4, -0.2) is 19.5 Å². The number of rotatable bonds is 8. The number of hydrogen-bond acceptors (Lipinski definition) is 3. The highest BCUT2D eigenvalue weighted by Crippen LogP contribution is 2.29. The first kappa shape index (κ1) is 16.1. The van der Waals surface area contributed by atoms with E-state index in [2.05, 4.69) is 13.8 Å². The number of hydrogen-bond donors (Lipinski definition) is 0. The van der Waals surface area contributed by atoms with Crippen LogP contribution in [0.25, 0.3) is 0 Å². The Kier molecular flexibility index (Phi) is 6.01. The molecule has 0 aliphatic heterocycles. The number of ether oxygens (including phenoxy) is 2. The molecule has 1 unspecified atom stereocenters. The maximum absolute atomic E-state index is 10.9. The number of para-hydroxylation sites is 1. The molecule has 3 nitrogen and oxygen atoms in total. The minimum Gasteiger partial charge on any atom is -0.490 e. The Bertz CT molecular complexity index is 593. The summed E-state index contributed by atoms with van der Waals surface area (Å²) in [6.45, 7) is 5.22. The van der Waals surface area contributed by atoms with E-state index in [-0.39, 0.29) is 0 Å². The summed E-state index contributed by atoms with van der Waals surface area (Å²) in [5.41, 5.74) is 1.76. The van der Waals surface area contributed by atoms with E-state index in [0.29, 0.717) is 24.7 Å². The summed E-state index contributed by atoms with van der Waals surface area (Å²) in [5, 5.41) is 0. The van der Waals surface area contributed by atoms with Crippen molar-refractivity contribution in [1.82, 2.24) is 0 Å². The van der Waals surface area contributed by atoms with Crippen molar-refractivity contribution in [2.75, 3.05) is 13.2 Å². The van der Waals surface area contributed by atoms with Gasteiger partial charge in [0.15, 0.2) is 0 Å². The van der Waals surface area contributed by atoms with E-state index in [1.165, 1.54) is 0 Å². The zero-order valence-electron chi connectivity index (χ0n) is 13.1. The summed E-state index contributed by atoms with van der Waals surface area (Å²) in [7, 11) is 0. The van der Waals surface area contributed by atoms with Crippen LogP contribution in [0.2, 0.25) is 0 Å². The van der Waals surface area contributed by atoms with Crippen LogP contribution in [-0.2, 0) is 0 Å². The molecule has 0 saturated heterocycles. The third-order valence-corrected chi connectivity index (χ3v) is 3.67. The van der Waals surface area contributed by atoms with Crippen molar-refractivity contribution in [3.8, 4) is 11.5 Å². The van der Waals surface area contributed by atoms with Crippen LogP contribution < -0.4 is 9.47 Å². The molecule has 0 aromatic heterocycles. The van der Waals surface area contributed by atoms with Gasteiger partial charge in [-0.05, 0) is 48.2 Å². The van der Waals surface area contributed by atoms with Gasteiger partial charge in [0.25, 0.3) is 0 Å². The number of carbonyl (C=O) groups is 1. The Labute approximate surface area is 131 Å². The van der Waals surface area contributed by atoms with Crippen molar-refractivity contribution in [3.63, 3.8) is 0 Å². The Morgan fingerprint density at radius 3 is 2.45 bits per heavy atom. The van der Waals surface area contributed by atoms with E-state index in [4.69, 9.17) is 9.47 Å². The Balaban J connectivity index is 1.95. The van der Waals surface area contributed by atoms with Crippen LogP contribution in [0.1, 0.15) is 42.1 Å². The average molecular weight is 298 g/mol. The van der Waals surface area contributed by atoms with Gasteiger partial charge in [0.2, 0.25) is 0 Å². The van der Waals surface area contributed by atoms with Crippen LogP contribution in [0.4, 0.5) is 0 Å². The van der Waals surface area contributed by atoms with Gasteiger partial charge in [-0.25, -0.2) is 0 Å². The Morgan fingerprint density at radius 1 is 1.05 bits per heavy atom. The third kappa shape index (κ3) is 4.35. The lowest BCUT2D eigenvalue weighted by atomic mass is 9.96. The molecule has 2 aromatic carbocycles. The minimum absolute atomic E-state index is 0.352. The van der Waals surface area contributed by atoms with Crippen molar-refractivity contribution >= 4 is 6.29 Å². The van der Waals surface area contributed by atoms with E-state index in [0.717, 1.165) is 29.8 Å². The van der Waals surface area contributed by atoms with Gasteiger partial charge in [-0.2, -0.15) is 0 Å². The van der Waals surface area contributed by atoms with E-state index < -0.39 is 0 Å². The monoisotopic (exact) mass is 298 g/mol. The lowest BCUT2D eigenvalue weighted by Crippen LogP contribution is -2.10. The summed E-state index contributed by atoms with van der Waals surface area (Å²) in [6.07, 6.45) is 1.87. The van der Waals surface area contributed by atoms with E-state index in [1.54, 1.807) is 6.07 Å². The number of benzene rings is 2. The van der Waals surface area contributed by atoms with E-state index >= 15 is 0 Å². The minimum atomic E-state index is 0.352. The van der Waals surface area contributed by atoms with Gasteiger partial charge in [0.05, 0.1) is 0 Å². The summed E-state index contributed by atoms with van der Waals surface area (Å²) in [5.74, 6) is 2.02. The summed E-state index contributed by atoms with van der Waals surface area (Å²) in [6, 6.07) is 15.2. The van der Waals surface area contributed by atoms with Gasteiger partial charge in [-0.1, -0.05) is 32.0 Å². The molecule has 0 aliphatic rings. The lowest BCUT2D eigenvalue weighted by molar-refractivity contribution is 0.112. The van der Waals surface area contributed by atoms with Gasteiger partial charge < -0.3 is 9.47 Å².